The lowest BCUT2D eigenvalue weighted by molar-refractivity contribution is 0.576. The normalized spacial score (nSPS) is 12.4. The van der Waals surface area contributed by atoms with Gasteiger partial charge in [0.25, 0.3) is 0 Å². The lowest BCUT2D eigenvalue weighted by Crippen LogP contribution is -2.13. The highest BCUT2D eigenvalue weighted by Gasteiger charge is 2.10. The zero-order valence-corrected chi connectivity index (χ0v) is 11.4. The van der Waals surface area contributed by atoms with Crippen molar-refractivity contribution in [2.45, 2.75) is 17.9 Å². The van der Waals surface area contributed by atoms with Gasteiger partial charge in [0, 0.05) is 22.8 Å². The van der Waals surface area contributed by atoms with Crippen LogP contribution in [0.3, 0.4) is 0 Å². The van der Waals surface area contributed by atoms with E-state index in [1.54, 1.807) is 11.8 Å². The second-order valence-electron chi connectivity index (χ2n) is 4.39. The number of halogens is 2. The second-order valence-corrected chi connectivity index (χ2v) is 5.45. The van der Waals surface area contributed by atoms with Crippen molar-refractivity contribution in [1.82, 2.24) is 0 Å². The topological polar surface area (TPSA) is 26.0 Å². The third kappa shape index (κ3) is 3.78. The highest BCUT2D eigenvalue weighted by Crippen LogP contribution is 2.26. The first kappa shape index (κ1) is 14.0. The molecule has 1 atom stereocenters. The van der Waals surface area contributed by atoms with E-state index in [2.05, 4.69) is 0 Å². The first-order valence-electron chi connectivity index (χ1n) is 5.96. The van der Waals surface area contributed by atoms with Gasteiger partial charge in [0.2, 0.25) is 0 Å². The fourth-order valence-electron chi connectivity index (χ4n) is 1.78. The van der Waals surface area contributed by atoms with Gasteiger partial charge in [0.15, 0.2) is 0 Å². The lowest BCUT2D eigenvalue weighted by atomic mass is 10.1. The summed E-state index contributed by atoms with van der Waals surface area (Å²) in [7, 11) is 0. The molecule has 4 heteroatoms. The Morgan fingerprint density at radius 1 is 1.11 bits per heavy atom. The minimum absolute atomic E-state index is 0.394. The first-order valence-corrected chi connectivity index (χ1v) is 6.95. The zero-order valence-electron chi connectivity index (χ0n) is 10.6. The molecule has 1 unspecified atom stereocenters. The Balaban J connectivity index is 2.05. The molecule has 0 fully saturated rings. The number of aryl methyl sites for hydroxylation is 1. The van der Waals surface area contributed by atoms with Crippen LogP contribution in [0.5, 0.6) is 0 Å². The minimum atomic E-state index is -0.591. The number of thioether (sulfide) groups is 1. The molecule has 0 aliphatic rings. The molecule has 0 radical (unpaired) electrons. The van der Waals surface area contributed by atoms with Crippen LogP contribution in [0.2, 0.25) is 0 Å². The van der Waals surface area contributed by atoms with Crippen LogP contribution in [0.1, 0.15) is 17.2 Å². The number of nitrogens with two attached hydrogens (primary N) is 1. The van der Waals surface area contributed by atoms with Crippen molar-refractivity contribution >= 4 is 11.8 Å². The first-order chi connectivity index (χ1) is 9.06. The molecule has 100 valence electrons. The summed E-state index contributed by atoms with van der Waals surface area (Å²) in [6.45, 7) is 2.02. The van der Waals surface area contributed by atoms with Crippen LogP contribution in [0.25, 0.3) is 0 Å². The highest BCUT2D eigenvalue weighted by atomic mass is 32.2. The molecule has 0 amide bonds. The zero-order chi connectivity index (χ0) is 13.8. The maximum Gasteiger partial charge on any atom is 0.126 e. The number of rotatable bonds is 4. The predicted molar refractivity (Wildman–Crippen MR) is 75.2 cm³/mol. The molecule has 19 heavy (non-hydrogen) atoms. The Kier molecular flexibility index (Phi) is 4.56. The molecule has 2 aromatic rings. The minimum Gasteiger partial charge on any atom is -0.323 e. The van der Waals surface area contributed by atoms with Gasteiger partial charge in [-0.1, -0.05) is 18.2 Å². The van der Waals surface area contributed by atoms with Crippen LogP contribution in [0, 0.1) is 18.6 Å². The lowest BCUT2D eigenvalue weighted by Gasteiger charge is -2.13. The van der Waals surface area contributed by atoms with E-state index in [1.807, 2.05) is 31.2 Å². The highest BCUT2D eigenvalue weighted by molar-refractivity contribution is 7.99. The smallest absolute Gasteiger partial charge is 0.126 e. The van der Waals surface area contributed by atoms with Crippen molar-refractivity contribution < 1.29 is 8.78 Å². The monoisotopic (exact) mass is 279 g/mol. The predicted octanol–water partition coefficient (Wildman–Crippen LogP) is 4.07. The summed E-state index contributed by atoms with van der Waals surface area (Å²) in [6.07, 6.45) is 0. The van der Waals surface area contributed by atoms with Gasteiger partial charge in [0.05, 0.1) is 0 Å². The molecule has 0 bridgehead atoms. The van der Waals surface area contributed by atoms with E-state index in [0.29, 0.717) is 11.3 Å². The van der Waals surface area contributed by atoms with Crippen LogP contribution in [0.4, 0.5) is 8.78 Å². The van der Waals surface area contributed by atoms with Crippen LogP contribution in [-0.2, 0) is 0 Å². The third-order valence-corrected chi connectivity index (χ3v) is 4.12. The van der Waals surface area contributed by atoms with E-state index in [1.165, 1.54) is 17.7 Å². The average molecular weight is 279 g/mol. The summed E-state index contributed by atoms with van der Waals surface area (Å²) in [6, 6.07) is 11.0. The standard InChI is InChI=1S/C15H15F2NS/c1-10-4-2-3-5-15(10)19-9-14(18)11-6-12(16)8-13(17)7-11/h2-8,14H,9,18H2,1H3. The van der Waals surface area contributed by atoms with E-state index in [-0.39, 0.29) is 0 Å². The van der Waals surface area contributed by atoms with Crippen molar-refractivity contribution in [3.05, 3.63) is 65.2 Å². The molecule has 0 aromatic heterocycles. The van der Waals surface area contributed by atoms with Gasteiger partial charge in [0.1, 0.15) is 11.6 Å². The molecule has 2 rings (SSSR count). The molecular formula is C15H15F2NS. The molecule has 0 heterocycles. The van der Waals surface area contributed by atoms with Crippen molar-refractivity contribution in [3.63, 3.8) is 0 Å². The van der Waals surface area contributed by atoms with E-state index in [4.69, 9.17) is 5.73 Å². The van der Waals surface area contributed by atoms with Crippen LogP contribution < -0.4 is 5.73 Å². The number of hydrogen-bond donors (Lipinski definition) is 1. The largest absolute Gasteiger partial charge is 0.323 e. The summed E-state index contributed by atoms with van der Waals surface area (Å²) >= 11 is 1.59. The van der Waals surface area contributed by atoms with Crippen molar-refractivity contribution in [2.24, 2.45) is 5.73 Å². The molecule has 0 aliphatic heterocycles. The van der Waals surface area contributed by atoms with Crippen LogP contribution >= 0.6 is 11.8 Å². The van der Waals surface area contributed by atoms with Gasteiger partial charge in [-0.25, -0.2) is 8.78 Å². The Morgan fingerprint density at radius 3 is 2.37 bits per heavy atom. The maximum atomic E-state index is 13.1. The molecule has 1 nitrogen and oxygen atoms in total. The Labute approximate surface area is 115 Å². The van der Waals surface area contributed by atoms with E-state index in [0.717, 1.165) is 11.0 Å². The summed E-state index contributed by atoms with van der Waals surface area (Å²) in [5.41, 5.74) is 7.63. The van der Waals surface area contributed by atoms with E-state index >= 15 is 0 Å². The van der Waals surface area contributed by atoms with Gasteiger partial charge in [-0.3, -0.25) is 0 Å². The Hall–Kier alpha value is -1.39. The van der Waals surface area contributed by atoms with Crippen molar-refractivity contribution in [1.29, 1.82) is 0 Å². The molecule has 2 N–H and O–H groups in total. The molecule has 2 aromatic carbocycles. The summed E-state index contributed by atoms with van der Waals surface area (Å²) < 4.78 is 26.2. The molecule has 0 spiro atoms. The molecule has 0 saturated carbocycles. The molecular weight excluding hydrogens is 264 g/mol. The van der Waals surface area contributed by atoms with Gasteiger partial charge in [-0.2, -0.15) is 0 Å². The quantitative estimate of drug-likeness (QED) is 0.854. The van der Waals surface area contributed by atoms with Gasteiger partial charge in [-0.05, 0) is 36.2 Å². The van der Waals surface area contributed by atoms with E-state index in [9.17, 15) is 8.78 Å². The van der Waals surface area contributed by atoms with Crippen molar-refractivity contribution in [2.75, 3.05) is 5.75 Å². The SMILES string of the molecule is Cc1ccccc1SCC(N)c1cc(F)cc(F)c1. The Bertz CT molecular complexity index is 552. The van der Waals surface area contributed by atoms with Gasteiger partial charge < -0.3 is 5.73 Å². The maximum absolute atomic E-state index is 13.1. The number of hydrogen-bond acceptors (Lipinski definition) is 2. The van der Waals surface area contributed by atoms with Crippen LogP contribution in [0.15, 0.2) is 47.4 Å². The van der Waals surface area contributed by atoms with Gasteiger partial charge in [-0.15, -0.1) is 11.8 Å². The average Bonchev–Trinajstić information content (AvgIpc) is 2.36. The Morgan fingerprint density at radius 2 is 1.74 bits per heavy atom. The van der Waals surface area contributed by atoms with Crippen molar-refractivity contribution in [3.8, 4) is 0 Å². The fourth-order valence-corrected chi connectivity index (χ4v) is 2.81. The molecule has 0 saturated heterocycles. The third-order valence-electron chi connectivity index (χ3n) is 2.83. The summed E-state index contributed by atoms with van der Waals surface area (Å²) in [4.78, 5) is 1.13. The number of benzene rings is 2. The van der Waals surface area contributed by atoms with Crippen LogP contribution in [-0.4, -0.2) is 5.75 Å². The fraction of sp³-hybridized carbons (Fsp3) is 0.200. The molecule has 0 aliphatic carbocycles. The second kappa shape index (κ2) is 6.17. The summed E-state index contributed by atoms with van der Waals surface area (Å²) in [5, 5.41) is 0. The van der Waals surface area contributed by atoms with E-state index < -0.39 is 17.7 Å². The summed E-state index contributed by atoms with van der Waals surface area (Å²) in [5.74, 6) is -0.606. The van der Waals surface area contributed by atoms with Gasteiger partial charge >= 0.3 is 0 Å².